The summed E-state index contributed by atoms with van der Waals surface area (Å²) in [5, 5.41) is 9.94. The third-order valence-electron chi connectivity index (χ3n) is 5.65. The second-order valence-corrected chi connectivity index (χ2v) is 8.46. The third kappa shape index (κ3) is 3.50. The Bertz CT molecular complexity index is 1120. The molecule has 2 unspecified atom stereocenters. The Hall–Kier alpha value is -3.39. The van der Waals surface area contributed by atoms with Crippen LogP contribution in [0, 0.1) is 0 Å². The second-order valence-electron chi connectivity index (χ2n) is 7.34. The number of carbonyl (C=O) groups is 2. The highest BCUT2D eigenvalue weighted by Gasteiger charge is 2.50. The van der Waals surface area contributed by atoms with Crippen LogP contribution in [0.2, 0.25) is 0 Å². The van der Waals surface area contributed by atoms with Crippen molar-refractivity contribution in [3.63, 3.8) is 0 Å². The molecule has 2 heterocycles. The zero-order valence-corrected chi connectivity index (χ0v) is 18.9. The first-order valence-electron chi connectivity index (χ1n) is 9.91. The highest BCUT2D eigenvalue weighted by atomic mass is 32.2. The molecule has 2 aromatic rings. The molecule has 0 bridgehead atoms. The van der Waals surface area contributed by atoms with Gasteiger partial charge in [0.15, 0.2) is 5.76 Å². The largest absolute Gasteiger partial charge is 0.503 e. The predicted octanol–water partition coefficient (Wildman–Crippen LogP) is 3.95. The fourth-order valence-corrected chi connectivity index (χ4v) is 5.41. The lowest BCUT2D eigenvalue weighted by atomic mass is 9.94. The van der Waals surface area contributed by atoms with Crippen LogP contribution in [-0.2, 0) is 14.3 Å². The van der Waals surface area contributed by atoms with Crippen LogP contribution in [0.3, 0.4) is 0 Å². The Balaban J connectivity index is 1.87. The van der Waals surface area contributed by atoms with Crippen molar-refractivity contribution >= 4 is 34.2 Å². The summed E-state index contributed by atoms with van der Waals surface area (Å²) in [5.41, 5.74) is 2.67. The van der Waals surface area contributed by atoms with E-state index >= 15 is 0 Å². The van der Waals surface area contributed by atoms with Crippen LogP contribution in [0.1, 0.15) is 12.5 Å². The minimum Gasteiger partial charge on any atom is -0.503 e. The van der Waals surface area contributed by atoms with Gasteiger partial charge in [-0.15, -0.1) is 11.8 Å². The van der Waals surface area contributed by atoms with E-state index < -0.39 is 28.9 Å². The number of thioether (sulfide) groups is 1. The number of fused-ring (bicyclic) bond motifs is 1. The molecule has 0 aromatic heterocycles. The molecule has 166 valence electrons. The van der Waals surface area contributed by atoms with Crippen molar-refractivity contribution in [1.29, 1.82) is 0 Å². The minimum atomic E-state index is -0.849. The molecule has 8 heteroatoms. The van der Waals surface area contributed by atoms with Gasteiger partial charge in [-0.25, -0.2) is 0 Å². The van der Waals surface area contributed by atoms with Crippen molar-refractivity contribution in [2.75, 3.05) is 26.2 Å². The minimum absolute atomic E-state index is 0.345. The number of nitrogens with zero attached hydrogens (tertiary/aromatic N) is 1. The highest BCUT2D eigenvalue weighted by molar-refractivity contribution is 8.09. The standard InChI is InChI=1S/C24H23NO6S/c1-13-19-18(20(26)23(27)25(19)15-7-11-17(30-3)12-8-15)22(24(28)31-4)32-21(13)14-5-9-16(29-2)10-6-14/h5-12,19,22,26H,1-4H3. The van der Waals surface area contributed by atoms with Crippen molar-refractivity contribution < 1.29 is 28.9 Å². The number of methoxy groups -OCH3 is 3. The molecule has 2 aromatic carbocycles. The van der Waals surface area contributed by atoms with Crippen molar-refractivity contribution in [2.45, 2.75) is 18.2 Å². The number of benzene rings is 2. The summed E-state index contributed by atoms with van der Waals surface area (Å²) < 4.78 is 15.5. The van der Waals surface area contributed by atoms with Crippen molar-refractivity contribution in [3.8, 4) is 11.5 Å². The molecule has 0 saturated carbocycles. The normalized spacial score (nSPS) is 20.4. The summed E-state index contributed by atoms with van der Waals surface area (Å²) in [4.78, 5) is 28.2. The molecular weight excluding hydrogens is 430 g/mol. The molecule has 7 nitrogen and oxygen atoms in total. The fraction of sp³-hybridized carbons (Fsp3) is 0.250. The molecule has 0 aliphatic carbocycles. The van der Waals surface area contributed by atoms with Gasteiger partial charge < -0.3 is 19.3 Å². The number of aliphatic hydroxyl groups excluding tert-OH is 1. The Morgan fingerprint density at radius 1 is 0.969 bits per heavy atom. The van der Waals surface area contributed by atoms with E-state index in [9.17, 15) is 14.7 Å². The van der Waals surface area contributed by atoms with Gasteiger partial charge in [0.1, 0.15) is 16.7 Å². The third-order valence-corrected chi connectivity index (χ3v) is 7.13. The van der Waals surface area contributed by atoms with Gasteiger partial charge in [0.05, 0.1) is 27.4 Å². The molecule has 0 fully saturated rings. The van der Waals surface area contributed by atoms with Crippen molar-refractivity contribution in [1.82, 2.24) is 0 Å². The van der Waals surface area contributed by atoms with E-state index in [4.69, 9.17) is 14.2 Å². The monoisotopic (exact) mass is 453 g/mol. The maximum absolute atomic E-state index is 13.1. The first-order valence-corrected chi connectivity index (χ1v) is 10.8. The maximum Gasteiger partial charge on any atom is 0.323 e. The lowest BCUT2D eigenvalue weighted by Gasteiger charge is -2.35. The molecule has 4 rings (SSSR count). The van der Waals surface area contributed by atoms with Crippen LogP contribution in [0.4, 0.5) is 5.69 Å². The molecule has 1 N–H and O–H groups in total. The Morgan fingerprint density at radius 3 is 2.06 bits per heavy atom. The molecule has 0 saturated heterocycles. The van der Waals surface area contributed by atoms with Gasteiger partial charge in [0, 0.05) is 16.2 Å². The number of rotatable bonds is 5. The molecule has 32 heavy (non-hydrogen) atoms. The molecule has 2 atom stereocenters. The molecular formula is C24H23NO6S. The lowest BCUT2D eigenvalue weighted by Crippen LogP contribution is -2.41. The molecule has 0 spiro atoms. The average molecular weight is 454 g/mol. The van der Waals surface area contributed by atoms with Gasteiger partial charge in [-0.05, 0) is 54.5 Å². The van der Waals surface area contributed by atoms with Gasteiger partial charge in [-0.1, -0.05) is 12.1 Å². The van der Waals surface area contributed by atoms with Crippen LogP contribution in [0.25, 0.3) is 4.91 Å². The molecule has 1 amide bonds. The van der Waals surface area contributed by atoms with E-state index in [1.165, 1.54) is 23.8 Å². The van der Waals surface area contributed by atoms with Crippen molar-refractivity contribution in [2.24, 2.45) is 0 Å². The summed E-state index contributed by atoms with van der Waals surface area (Å²) in [6, 6.07) is 13.9. The van der Waals surface area contributed by atoms with Gasteiger partial charge in [0.2, 0.25) is 0 Å². The predicted molar refractivity (Wildman–Crippen MR) is 123 cm³/mol. The van der Waals surface area contributed by atoms with Crippen molar-refractivity contribution in [3.05, 3.63) is 71.0 Å². The average Bonchev–Trinajstić information content (AvgIpc) is 3.10. The first-order chi connectivity index (χ1) is 15.4. The van der Waals surface area contributed by atoms with E-state index in [1.54, 1.807) is 38.5 Å². The lowest BCUT2D eigenvalue weighted by molar-refractivity contribution is -0.139. The van der Waals surface area contributed by atoms with Crippen LogP contribution in [-0.4, -0.2) is 49.6 Å². The maximum atomic E-state index is 13.1. The van der Waals surface area contributed by atoms with Gasteiger partial charge >= 0.3 is 5.97 Å². The quantitative estimate of drug-likeness (QED) is 0.686. The zero-order chi connectivity index (χ0) is 23.0. The fourth-order valence-electron chi connectivity index (χ4n) is 4.05. The topological polar surface area (TPSA) is 85.3 Å². The number of anilines is 1. The van der Waals surface area contributed by atoms with Crippen LogP contribution in [0.5, 0.6) is 11.5 Å². The smallest absolute Gasteiger partial charge is 0.323 e. The zero-order valence-electron chi connectivity index (χ0n) is 18.1. The summed E-state index contributed by atoms with van der Waals surface area (Å²) >= 11 is 1.27. The Morgan fingerprint density at radius 2 is 1.53 bits per heavy atom. The number of hydrogen-bond donors (Lipinski definition) is 1. The highest BCUT2D eigenvalue weighted by Crippen LogP contribution is 2.50. The summed E-state index contributed by atoms with van der Waals surface area (Å²) in [6.45, 7) is 1.91. The van der Waals surface area contributed by atoms with E-state index in [-0.39, 0.29) is 0 Å². The summed E-state index contributed by atoms with van der Waals surface area (Å²) in [7, 11) is 4.46. The number of aliphatic hydroxyl groups is 1. The Labute approximate surface area is 190 Å². The summed E-state index contributed by atoms with van der Waals surface area (Å²) in [5.74, 6) is -0.131. The molecule has 2 aliphatic rings. The van der Waals surface area contributed by atoms with E-state index in [0.29, 0.717) is 22.8 Å². The molecule has 0 radical (unpaired) electrons. The van der Waals surface area contributed by atoms with Gasteiger partial charge in [0.25, 0.3) is 5.91 Å². The van der Waals surface area contributed by atoms with E-state index in [0.717, 1.165) is 16.0 Å². The van der Waals surface area contributed by atoms with Crippen LogP contribution in [0.15, 0.2) is 65.4 Å². The van der Waals surface area contributed by atoms with Crippen LogP contribution < -0.4 is 14.4 Å². The summed E-state index contributed by atoms with van der Waals surface area (Å²) in [6.07, 6.45) is 0. The SMILES string of the molecule is COC(=O)C1SC(c2ccc(OC)cc2)=C(C)C2C1=C(O)C(=O)N2c1ccc(OC)cc1. The number of esters is 1. The second kappa shape index (κ2) is 8.63. The van der Waals surface area contributed by atoms with Crippen LogP contribution >= 0.6 is 11.8 Å². The van der Waals surface area contributed by atoms with Gasteiger partial charge in [-0.2, -0.15) is 0 Å². The first kappa shape index (κ1) is 21.8. The number of carbonyl (C=O) groups excluding carboxylic acids is 2. The van der Waals surface area contributed by atoms with Gasteiger partial charge in [-0.3, -0.25) is 14.5 Å². The van der Waals surface area contributed by atoms with E-state index in [1.807, 2.05) is 31.2 Å². The number of amides is 1. The Kier molecular flexibility index (Phi) is 5.88. The molecule has 2 aliphatic heterocycles. The van der Waals surface area contributed by atoms with E-state index in [2.05, 4.69) is 0 Å². The number of ether oxygens (including phenoxy) is 3. The number of hydrogen-bond acceptors (Lipinski definition) is 7.